The molecule has 0 heterocycles. The van der Waals surface area contributed by atoms with Crippen molar-refractivity contribution in [3.05, 3.63) is 94.0 Å². The van der Waals surface area contributed by atoms with E-state index in [4.69, 9.17) is 11.6 Å². The predicted octanol–water partition coefficient (Wildman–Crippen LogP) is 11.4. The summed E-state index contributed by atoms with van der Waals surface area (Å²) in [5, 5.41) is -0.803. The third-order valence-electron chi connectivity index (χ3n) is 7.36. The van der Waals surface area contributed by atoms with Crippen molar-refractivity contribution in [2.75, 3.05) is 0 Å². The largest absolute Gasteiger partial charge is 0.460 e. The Morgan fingerprint density at radius 3 is 1.91 bits per heavy atom. The molecule has 0 spiro atoms. The molecule has 3 aromatic rings. The minimum Gasteiger partial charge on any atom is -0.460 e. The van der Waals surface area contributed by atoms with Gasteiger partial charge in [-0.25, -0.2) is 22.0 Å². The molecule has 3 aromatic carbocycles. The van der Waals surface area contributed by atoms with Crippen LogP contribution in [0.5, 0.6) is 11.5 Å². The van der Waals surface area contributed by atoms with Gasteiger partial charge in [-0.2, -0.15) is 22.0 Å². The second-order valence-electron chi connectivity index (χ2n) is 10.5. The number of hydrogen-bond acceptors (Lipinski definition) is 2. The minimum atomic E-state index is -4.81. The SMILES string of the molecule is CCCC1CCC(c2cc(F)c(-c3cc(F)c(C(F)(F)Oc4cc(F)c(OC=CC(F)(F)F)c(Cl)c4)c(F)c3)c(F)c2)CC1. The Labute approximate surface area is 251 Å². The molecule has 1 aliphatic rings. The molecule has 238 valence electrons. The first-order valence-corrected chi connectivity index (χ1v) is 13.9. The van der Waals surface area contributed by atoms with E-state index in [2.05, 4.69) is 16.4 Å². The van der Waals surface area contributed by atoms with Crippen LogP contribution in [0, 0.1) is 35.0 Å². The van der Waals surface area contributed by atoms with Gasteiger partial charge >= 0.3 is 12.3 Å². The molecule has 0 saturated heterocycles. The van der Waals surface area contributed by atoms with Crippen molar-refractivity contribution in [3.63, 3.8) is 0 Å². The quantitative estimate of drug-likeness (QED) is 0.169. The lowest BCUT2D eigenvalue weighted by Crippen LogP contribution is -2.25. The summed E-state index contributed by atoms with van der Waals surface area (Å²) >= 11 is 5.70. The van der Waals surface area contributed by atoms with E-state index >= 15 is 8.78 Å². The van der Waals surface area contributed by atoms with Crippen LogP contribution in [0.1, 0.15) is 62.5 Å². The lowest BCUT2D eigenvalue weighted by Gasteiger charge is -2.29. The van der Waals surface area contributed by atoms with E-state index in [0.29, 0.717) is 29.7 Å². The molecular weight excluding hydrogens is 630 g/mol. The van der Waals surface area contributed by atoms with Crippen molar-refractivity contribution < 1.29 is 53.4 Å². The maximum atomic E-state index is 15.1. The van der Waals surface area contributed by atoms with Gasteiger partial charge in [0.2, 0.25) is 0 Å². The van der Waals surface area contributed by atoms with Gasteiger partial charge in [0.15, 0.2) is 11.6 Å². The normalized spacial score (nSPS) is 17.7. The van der Waals surface area contributed by atoms with Gasteiger partial charge < -0.3 is 9.47 Å². The maximum absolute atomic E-state index is 15.1. The highest BCUT2D eigenvalue weighted by molar-refractivity contribution is 6.32. The molecule has 0 bridgehead atoms. The Balaban J connectivity index is 1.57. The zero-order valence-electron chi connectivity index (χ0n) is 23.0. The Morgan fingerprint density at radius 1 is 0.795 bits per heavy atom. The first-order valence-electron chi connectivity index (χ1n) is 13.6. The molecule has 0 N–H and O–H groups in total. The van der Waals surface area contributed by atoms with Crippen LogP contribution in [-0.2, 0) is 6.11 Å². The van der Waals surface area contributed by atoms with Gasteiger partial charge in [0, 0.05) is 12.1 Å². The van der Waals surface area contributed by atoms with Crippen molar-refractivity contribution in [2.45, 2.75) is 63.7 Å². The van der Waals surface area contributed by atoms with Crippen LogP contribution < -0.4 is 9.47 Å². The van der Waals surface area contributed by atoms with Gasteiger partial charge in [-0.15, -0.1) is 0 Å². The van der Waals surface area contributed by atoms with Crippen molar-refractivity contribution in [1.82, 2.24) is 0 Å². The summed E-state index contributed by atoms with van der Waals surface area (Å²) in [6.45, 7) is 2.09. The van der Waals surface area contributed by atoms with E-state index in [1.54, 1.807) is 0 Å². The van der Waals surface area contributed by atoms with Crippen molar-refractivity contribution in [2.24, 2.45) is 5.92 Å². The van der Waals surface area contributed by atoms with Crippen LogP contribution in [0.2, 0.25) is 5.02 Å². The van der Waals surface area contributed by atoms with Crippen molar-refractivity contribution in [1.29, 1.82) is 0 Å². The second-order valence-corrected chi connectivity index (χ2v) is 10.9. The van der Waals surface area contributed by atoms with Gasteiger partial charge in [-0.1, -0.05) is 31.4 Å². The van der Waals surface area contributed by atoms with Crippen LogP contribution in [0.15, 0.2) is 48.7 Å². The van der Waals surface area contributed by atoms with Crippen LogP contribution >= 0.6 is 11.6 Å². The number of rotatable bonds is 9. The molecule has 13 heteroatoms. The predicted molar refractivity (Wildman–Crippen MR) is 143 cm³/mol. The molecule has 1 saturated carbocycles. The minimum absolute atomic E-state index is 0.0591. The lowest BCUT2D eigenvalue weighted by atomic mass is 9.77. The fraction of sp³-hybridized carbons (Fsp3) is 0.355. The number of ether oxygens (including phenoxy) is 2. The van der Waals surface area contributed by atoms with Crippen LogP contribution in [0.3, 0.4) is 0 Å². The lowest BCUT2D eigenvalue weighted by molar-refractivity contribution is -0.189. The summed E-state index contributed by atoms with van der Waals surface area (Å²) in [6.07, 6.45) is -4.53. The average Bonchev–Trinajstić information content (AvgIpc) is 2.89. The summed E-state index contributed by atoms with van der Waals surface area (Å²) < 4.78 is 150. The Hall–Kier alpha value is -3.41. The number of alkyl halides is 5. The molecule has 0 aliphatic heterocycles. The third kappa shape index (κ3) is 7.80. The first kappa shape index (κ1) is 33.5. The van der Waals surface area contributed by atoms with Crippen LogP contribution in [0.25, 0.3) is 11.1 Å². The summed E-state index contributed by atoms with van der Waals surface area (Å²) in [7, 11) is 0. The van der Waals surface area contributed by atoms with Crippen molar-refractivity contribution >= 4 is 11.6 Å². The monoisotopic (exact) mass is 654 g/mol. The Bertz CT molecular complexity index is 1460. The van der Waals surface area contributed by atoms with Crippen LogP contribution in [0.4, 0.5) is 43.9 Å². The van der Waals surface area contributed by atoms with E-state index < -0.39 is 74.6 Å². The molecule has 1 aliphatic carbocycles. The van der Waals surface area contributed by atoms with E-state index in [1.807, 2.05) is 0 Å². The van der Waals surface area contributed by atoms with Crippen molar-refractivity contribution in [3.8, 4) is 22.6 Å². The van der Waals surface area contributed by atoms with Gasteiger partial charge in [0.1, 0.15) is 34.6 Å². The number of allylic oxidation sites excluding steroid dienone is 1. The highest BCUT2D eigenvalue weighted by atomic mass is 35.5. The van der Waals surface area contributed by atoms with E-state index in [9.17, 15) is 35.1 Å². The van der Waals surface area contributed by atoms with E-state index in [-0.39, 0.29) is 24.3 Å². The third-order valence-corrected chi connectivity index (χ3v) is 7.64. The Kier molecular flexibility index (Phi) is 10.1. The zero-order valence-corrected chi connectivity index (χ0v) is 23.7. The molecular formula is C31H25ClF10O2. The fourth-order valence-corrected chi connectivity index (χ4v) is 5.62. The summed E-state index contributed by atoms with van der Waals surface area (Å²) in [4.78, 5) is 0. The highest BCUT2D eigenvalue weighted by Crippen LogP contribution is 2.42. The summed E-state index contributed by atoms with van der Waals surface area (Å²) in [5.74, 6) is -9.21. The molecule has 44 heavy (non-hydrogen) atoms. The molecule has 0 unspecified atom stereocenters. The standard InChI is InChI=1S/C31H25ClF10O2/c1-2-3-16-4-6-17(7-5-16)18-10-22(33)27(23(34)11-18)19-12-24(35)28(25(36)13-19)31(41,42)44-20-14-21(32)29(26(37)15-20)43-9-8-30(38,39)40/h8-17H,2-7H2,1H3. The smallest absolute Gasteiger partial charge is 0.432 e. The first-order chi connectivity index (χ1) is 20.6. The molecule has 4 rings (SSSR count). The average molecular weight is 655 g/mol. The molecule has 0 radical (unpaired) electrons. The molecule has 0 atom stereocenters. The summed E-state index contributed by atoms with van der Waals surface area (Å²) in [5.41, 5.74) is -3.05. The molecule has 0 aromatic heterocycles. The number of benzene rings is 3. The van der Waals surface area contributed by atoms with Gasteiger partial charge in [0.25, 0.3) is 0 Å². The number of hydrogen-bond donors (Lipinski definition) is 0. The highest BCUT2D eigenvalue weighted by Gasteiger charge is 2.42. The second kappa shape index (κ2) is 13.3. The number of halogens is 11. The topological polar surface area (TPSA) is 18.5 Å². The molecule has 0 amide bonds. The van der Waals surface area contributed by atoms with Gasteiger partial charge in [-0.05, 0) is 72.9 Å². The van der Waals surface area contributed by atoms with Crippen LogP contribution in [-0.4, -0.2) is 6.18 Å². The molecule has 1 fully saturated rings. The Morgan fingerprint density at radius 2 is 1.39 bits per heavy atom. The van der Waals surface area contributed by atoms with Gasteiger partial charge in [0.05, 0.1) is 22.9 Å². The van der Waals surface area contributed by atoms with E-state index in [1.165, 1.54) is 0 Å². The van der Waals surface area contributed by atoms with Gasteiger partial charge in [-0.3, -0.25) is 0 Å². The van der Waals surface area contributed by atoms with E-state index in [0.717, 1.165) is 50.7 Å². The molecule has 2 nitrogen and oxygen atoms in total. The summed E-state index contributed by atoms with van der Waals surface area (Å²) in [6, 6.07) is 3.53. The maximum Gasteiger partial charge on any atom is 0.432 e. The zero-order chi connectivity index (χ0) is 32.4. The fourth-order valence-electron chi connectivity index (χ4n) is 5.38.